The molecular weight excluding hydrogens is 367 g/mol. The van der Waals surface area contributed by atoms with E-state index in [4.69, 9.17) is 0 Å². The molecule has 0 amide bonds. The van der Waals surface area contributed by atoms with Crippen molar-refractivity contribution in [3.8, 4) is 0 Å². The molecule has 0 unspecified atom stereocenters. The number of hydrogen-bond acceptors (Lipinski definition) is 0. The fraction of sp³-hybridized carbons (Fsp3) is 0.929. The van der Waals surface area contributed by atoms with Gasteiger partial charge in [-0.15, -0.1) is 0 Å². The van der Waals surface area contributed by atoms with Crippen molar-refractivity contribution in [1.82, 2.24) is 0 Å². The Kier molecular flexibility index (Phi) is 28.3. The van der Waals surface area contributed by atoms with E-state index in [1.807, 2.05) is 5.82 Å². The maximum absolute atomic E-state index is 4.09. The van der Waals surface area contributed by atoms with Crippen LogP contribution in [0.1, 0.15) is 167 Å². The van der Waals surface area contributed by atoms with Crippen LogP contribution >= 0.6 is 9.24 Å². The van der Waals surface area contributed by atoms with E-state index in [1.165, 1.54) is 161 Å². The average molecular weight is 423 g/mol. The van der Waals surface area contributed by atoms with Crippen LogP contribution in [0, 0.1) is 0 Å². The summed E-state index contributed by atoms with van der Waals surface area (Å²) in [5.41, 5.74) is 0. The Labute approximate surface area is 188 Å². The first-order valence-electron chi connectivity index (χ1n) is 13.7. The Balaban J connectivity index is 2.98. The number of allylic oxidation sites excluding steroid dienone is 1. The highest BCUT2D eigenvalue weighted by Gasteiger charge is 1.96. The van der Waals surface area contributed by atoms with Gasteiger partial charge in [0.25, 0.3) is 0 Å². The molecule has 0 spiro atoms. The van der Waals surface area contributed by atoms with Crippen molar-refractivity contribution in [1.29, 1.82) is 0 Å². The highest BCUT2D eigenvalue weighted by molar-refractivity contribution is 7.20. The van der Waals surface area contributed by atoms with Crippen LogP contribution in [0.4, 0.5) is 0 Å². The number of hydrogen-bond donors (Lipinski definition) is 0. The quantitative estimate of drug-likeness (QED) is 0.101. The second kappa shape index (κ2) is 28.2. The summed E-state index contributed by atoms with van der Waals surface area (Å²) in [7, 11) is 4.09. The predicted octanol–water partition coefficient (Wildman–Crippen LogP) is 11.7. The van der Waals surface area contributed by atoms with E-state index in [0.29, 0.717) is 0 Å². The third kappa shape index (κ3) is 28.2. The van der Waals surface area contributed by atoms with Gasteiger partial charge in [-0.2, -0.15) is 0 Å². The molecule has 0 saturated heterocycles. The van der Waals surface area contributed by atoms with Crippen molar-refractivity contribution in [2.75, 3.05) is 0 Å². The van der Waals surface area contributed by atoms with Gasteiger partial charge in [-0.25, -0.2) is 0 Å². The Morgan fingerprint density at radius 3 is 0.862 bits per heavy atom. The lowest BCUT2D eigenvalue weighted by molar-refractivity contribution is 0.517. The minimum absolute atomic E-state index is 1.21. The van der Waals surface area contributed by atoms with Crippen molar-refractivity contribution in [3.63, 3.8) is 0 Å². The summed E-state index contributed by atoms with van der Waals surface area (Å²) in [6.07, 6.45) is 38.5. The molecule has 0 aromatic carbocycles. The first-order chi connectivity index (χ1) is 14.4. The van der Waals surface area contributed by atoms with Gasteiger partial charge in [-0.1, -0.05) is 166 Å². The second-order valence-corrected chi connectivity index (χ2v) is 9.60. The molecule has 0 rings (SSSR count). The molecule has 0 aromatic rings. The SMILES string of the molecule is CCCCCCCCCCCCCCCCCCCCCCCCCC/C=C/[P]. The van der Waals surface area contributed by atoms with Crippen molar-refractivity contribution < 1.29 is 0 Å². The maximum atomic E-state index is 4.09. The lowest BCUT2D eigenvalue weighted by Crippen LogP contribution is -1.84. The van der Waals surface area contributed by atoms with Gasteiger partial charge in [0.2, 0.25) is 0 Å². The third-order valence-electron chi connectivity index (χ3n) is 6.33. The van der Waals surface area contributed by atoms with Crippen LogP contribution in [-0.4, -0.2) is 0 Å². The maximum Gasteiger partial charge on any atom is -0.0146 e. The molecule has 0 aliphatic carbocycles. The molecule has 0 aromatic heterocycles. The summed E-state index contributed by atoms with van der Waals surface area (Å²) in [6.45, 7) is 2.30. The van der Waals surface area contributed by atoms with Gasteiger partial charge in [-0.3, -0.25) is 0 Å². The lowest BCUT2D eigenvalue weighted by Gasteiger charge is -2.04. The zero-order valence-electron chi connectivity index (χ0n) is 20.3. The molecule has 0 saturated carbocycles. The molecule has 2 radical (unpaired) electrons. The third-order valence-corrected chi connectivity index (χ3v) is 6.54. The van der Waals surface area contributed by atoms with Gasteiger partial charge in [-0.05, 0) is 22.1 Å². The molecule has 0 bridgehead atoms. The summed E-state index contributed by atoms with van der Waals surface area (Å²) >= 11 is 0. The second-order valence-electron chi connectivity index (χ2n) is 9.31. The highest BCUT2D eigenvalue weighted by atomic mass is 31.0. The minimum atomic E-state index is 1.21. The van der Waals surface area contributed by atoms with Gasteiger partial charge < -0.3 is 0 Å². The largest absolute Gasteiger partial charge is 0.0834 e. The van der Waals surface area contributed by atoms with Crippen molar-refractivity contribution in [3.05, 3.63) is 11.9 Å². The molecule has 0 atom stereocenters. The molecule has 0 fully saturated rings. The molecule has 29 heavy (non-hydrogen) atoms. The predicted molar refractivity (Wildman–Crippen MR) is 137 cm³/mol. The Hall–Kier alpha value is 0.170. The Bertz CT molecular complexity index is 297. The molecule has 1 heteroatoms. The van der Waals surface area contributed by atoms with Crippen LogP contribution in [0.5, 0.6) is 0 Å². The normalized spacial score (nSPS) is 11.7. The van der Waals surface area contributed by atoms with Gasteiger partial charge in [0.1, 0.15) is 0 Å². The summed E-state index contributed by atoms with van der Waals surface area (Å²) in [5.74, 6) is 1.87. The molecule has 0 nitrogen and oxygen atoms in total. The number of rotatable bonds is 25. The van der Waals surface area contributed by atoms with E-state index in [9.17, 15) is 0 Å². The molecule has 0 N–H and O–H groups in total. The number of unbranched alkanes of at least 4 members (excludes halogenated alkanes) is 24. The standard InChI is InChI=1S/C28H55P/c1-2-3-4-5-6-7-8-9-10-11-12-13-14-15-16-17-18-19-20-21-22-23-24-25-26-27-28-29/h27-28H,2-26H2,1H3/b28-27+. The molecule has 0 heterocycles. The van der Waals surface area contributed by atoms with Crippen LogP contribution in [-0.2, 0) is 0 Å². The lowest BCUT2D eigenvalue weighted by atomic mass is 10.0. The zero-order valence-corrected chi connectivity index (χ0v) is 21.2. The van der Waals surface area contributed by atoms with Crippen LogP contribution in [0.25, 0.3) is 0 Å². The Morgan fingerprint density at radius 2 is 0.621 bits per heavy atom. The highest BCUT2D eigenvalue weighted by Crippen LogP contribution is 2.15. The van der Waals surface area contributed by atoms with Crippen molar-refractivity contribution in [2.45, 2.75) is 167 Å². The first kappa shape index (κ1) is 29.2. The smallest absolute Gasteiger partial charge is 0.0146 e. The van der Waals surface area contributed by atoms with Crippen LogP contribution < -0.4 is 0 Å². The van der Waals surface area contributed by atoms with Gasteiger partial charge in [0.05, 0.1) is 0 Å². The monoisotopic (exact) mass is 422 g/mol. The fourth-order valence-corrected chi connectivity index (χ4v) is 4.45. The minimum Gasteiger partial charge on any atom is -0.0834 e. The van der Waals surface area contributed by atoms with E-state index in [0.717, 1.165) is 0 Å². The topological polar surface area (TPSA) is 0 Å². The van der Waals surface area contributed by atoms with Crippen LogP contribution in [0.15, 0.2) is 11.9 Å². The van der Waals surface area contributed by atoms with E-state index < -0.39 is 0 Å². The van der Waals surface area contributed by atoms with Crippen molar-refractivity contribution in [2.24, 2.45) is 0 Å². The molecule has 172 valence electrons. The van der Waals surface area contributed by atoms with Crippen LogP contribution in [0.3, 0.4) is 0 Å². The Morgan fingerprint density at radius 1 is 0.379 bits per heavy atom. The van der Waals surface area contributed by atoms with E-state index in [1.54, 1.807) is 0 Å². The first-order valence-corrected chi connectivity index (χ1v) is 14.2. The molecule has 0 aliphatic heterocycles. The average Bonchev–Trinajstić information content (AvgIpc) is 2.74. The summed E-state index contributed by atoms with van der Waals surface area (Å²) in [6, 6.07) is 0. The molecular formula is C28H55P. The summed E-state index contributed by atoms with van der Waals surface area (Å²) < 4.78 is 0. The summed E-state index contributed by atoms with van der Waals surface area (Å²) in [4.78, 5) is 0. The van der Waals surface area contributed by atoms with E-state index in [2.05, 4.69) is 22.2 Å². The van der Waals surface area contributed by atoms with E-state index in [-0.39, 0.29) is 0 Å². The fourth-order valence-electron chi connectivity index (χ4n) is 4.30. The van der Waals surface area contributed by atoms with Crippen molar-refractivity contribution >= 4 is 9.24 Å². The van der Waals surface area contributed by atoms with Crippen LogP contribution in [0.2, 0.25) is 0 Å². The summed E-state index contributed by atoms with van der Waals surface area (Å²) in [5, 5.41) is 0. The van der Waals surface area contributed by atoms with E-state index >= 15 is 0 Å². The van der Waals surface area contributed by atoms with Gasteiger partial charge >= 0.3 is 0 Å². The molecule has 0 aliphatic rings. The van der Waals surface area contributed by atoms with Gasteiger partial charge in [0, 0.05) is 0 Å². The van der Waals surface area contributed by atoms with Gasteiger partial charge in [0.15, 0.2) is 0 Å². The zero-order chi connectivity index (χ0) is 21.1.